The van der Waals surface area contributed by atoms with E-state index < -0.39 is 0 Å². The Morgan fingerprint density at radius 2 is 1.66 bits per heavy atom. The van der Waals surface area contributed by atoms with Gasteiger partial charge in [-0.15, -0.1) is 0 Å². The largest absolute Gasteiger partial charge is 0.468 e. The minimum absolute atomic E-state index is 0.0308. The summed E-state index contributed by atoms with van der Waals surface area (Å²) in [7, 11) is 0. The maximum Gasteiger partial charge on any atom is 0.291 e. The highest BCUT2D eigenvalue weighted by Crippen LogP contribution is 2.25. The highest BCUT2D eigenvalue weighted by molar-refractivity contribution is 6.02. The molecule has 1 atom stereocenters. The van der Waals surface area contributed by atoms with E-state index in [9.17, 15) is 9.59 Å². The second kappa shape index (κ2) is 8.79. The number of hydrogen-bond donors (Lipinski definition) is 2. The third-order valence-corrected chi connectivity index (χ3v) is 5.06. The molecular formula is C22H23N3O4. The first-order valence-electron chi connectivity index (χ1n) is 9.71. The van der Waals surface area contributed by atoms with Crippen LogP contribution < -0.4 is 10.6 Å². The minimum atomic E-state index is -0.334. The molecule has 7 heteroatoms. The predicted octanol–water partition coefficient (Wildman–Crippen LogP) is 3.69. The van der Waals surface area contributed by atoms with Gasteiger partial charge in [0, 0.05) is 17.8 Å². The number of carbonyl (C=O) groups excluding carboxylic acids is 2. The molecule has 150 valence electrons. The van der Waals surface area contributed by atoms with Gasteiger partial charge in [-0.25, -0.2) is 0 Å². The van der Waals surface area contributed by atoms with Crippen molar-refractivity contribution < 1.29 is 18.4 Å². The SMILES string of the molecule is O=C(NCC(c1ccco1)N1CCCC1)c1ccc(NC(=O)c2ccco2)cc1. The maximum atomic E-state index is 12.6. The van der Waals surface area contributed by atoms with E-state index in [0.29, 0.717) is 17.8 Å². The quantitative estimate of drug-likeness (QED) is 0.639. The fourth-order valence-electron chi connectivity index (χ4n) is 3.54. The second-order valence-corrected chi connectivity index (χ2v) is 6.99. The molecule has 0 spiro atoms. The average molecular weight is 393 g/mol. The lowest BCUT2D eigenvalue weighted by Crippen LogP contribution is -2.36. The van der Waals surface area contributed by atoms with Crippen LogP contribution in [-0.4, -0.2) is 36.3 Å². The fourth-order valence-corrected chi connectivity index (χ4v) is 3.54. The number of likely N-dealkylation sites (tertiary alicyclic amines) is 1. The lowest BCUT2D eigenvalue weighted by Gasteiger charge is -2.26. The summed E-state index contributed by atoms with van der Waals surface area (Å²) in [5, 5.41) is 5.74. The van der Waals surface area contributed by atoms with E-state index in [4.69, 9.17) is 8.83 Å². The molecule has 0 radical (unpaired) electrons. The summed E-state index contributed by atoms with van der Waals surface area (Å²) in [5.74, 6) is 0.602. The number of amides is 2. The Labute approximate surface area is 168 Å². The molecule has 3 heterocycles. The second-order valence-electron chi connectivity index (χ2n) is 6.99. The highest BCUT2D eigenvalue weighted by atomic mass is 16.3. The van der Waals surface area contributed by atoms with Crippen LogP contribution in [0.3, 0.4) is 0 Å². The Bertz CT molecular complexity index is 927. The fraction of sp³-hybridized carbons (Fsp3) is 0.273. The number of nitrogens with zero attached hydrogens (tertiary/aromatic N) is 1. The van der Waals surface area contributed by atoms with E-state index in [2.05, 4.69) is 15.5 Å². The van der Waals surface area contributed by atoms with E-state index in [1.54, 1.807) is 42.7 Å². The summed E-state index contributed by atoms with van der Waals surface area (Å²) in [4.78, 5) is 26.9. The standard InChI is InChI=1S/C22H23N3O4/c26-21(23-15-18(19-5-3-13-28-19)25-11-1-2-12-25)16-7-9-17(10-8-16)24-22(27)20-6-4-14-29-20/h3-10,13-14,18H,1-2,11-12,15H2,(H,23,26)(H,24,27). The molecule has 2 aromatic heterocycles. The minimum Gasteiger partial charge on any atom is -0.468 e. The van der Waals surface area contributed by atoms with Crippen LogP contribution in [-0.2, 0) is 0 Å². The zero-order chi connectivity index (χ0) is 20.1. The molecule has 0 aliphatic carbocycles. The van der Waals surface area contributed by atoms with Gasteiger partial charge >= 0.3 is 0 Å². The van der Waals surface area contributed by atoms with E-state index in [1.807, 2.05) is 12.1 Å². The van der Waals surface area contributed by atoms with Crippen molar-refractivity contribution in [3.63, 3.8) is 0 Å². The Kier molecular flexibility index (Phi) is 5.76. The first-order chi connectivity index (χ1) is 14.2. The van der Waals surface area contributed by atoms with Crippen LogP contribution in [0, 0.1) is 0 Å². The molecule has 2 amide bonds. The average Bonchev–Trinajstić information content (AvgIpc) is 3.52. The van der Waals surface area contributed by atoms with Gasteiger partial charge in [-0.3, -0.25) is 14.5 Å². The van der Waals surface area contributed by atoms with Gasteiger partial charge in [0.1, 0.15) is 5.76 Å². The number of benzene rings is 1. The van der Waals surface area contributed by atoms with Gasteiger partial charge in [0.2, 0.25) is 0 Å². The van der Waals surface area contributed by atoms with Crippen molar-refractivity contribution in [1.82, 2.24) is 10.2 Å². The summed E-state index contributed by atoms with van der Waals surface area (Å²) in [5.41, 5.74) is 1.12. The normalized spacial score (nSPS) is 15.2. The summed E-state index contributed by atoms with van der Waals surface area (Å²) >= 11 is 0. The van der Waals surface area contributed by atoms with Crippen LogP contribution in [0.25, 0.3) is 0 Å². The predicted molar refractivity (Wildman–Crippen MR) is 108 cm³/mol. The van der Waals surface area contributed by atoms with E-state index in [1.165, 1.54) is 6.26 Å². The maximum absolute atomic E-state index is 12.6. The molecule has 0 saturated carbocycles. The molecule has 7 nitrogen and oxygen atoms in total. The third kappa shape index (κ3) is 4.57. The van der Waals surface area contributed by atoms with Crippen molar-refractivity contribution in [2.45, 2.75) is 18.9 Å². The number of nitrogens with one attached hydrogen (secondary N) is 2. The Morgan fingerprint density at radius 1 is 0.931 bits per heavy atom. The summed E-state index contributed by atoms with van der Waals surface area (Å²) < 4.78 is 10.7. The number of rotatable bonds is 7. The van der Waals surface area contributed by atoms with Gasteiger partial charge in [0.25, 0.3) is 11.8 Å². The van der Waals surface area contributed by atoms with Crippen molar-refractivity contribution >= 4 is 17.5 Å². The Balaban J connectivity index is 1.36. The van der Waals surface area contributed by atoms with E-state index >= 15 is 0 Å². The molecule has 1 aliphatic heterocycles. The summed E-state index contributed by atoms with van der Waals surface area (Å²) in [6.07, 6.45) is 5.43. The van der Waals surface area contributed by atoms with E-state index in [-0.39, 0.29) is 23.6 Å². The summed E-state index contributed by atoms with van der Waals surface area (Å²) in [6, 6.07) is 13.9. The zero-order valence-electron chi connectivity index (χ0n) is 16.0. The first kappa shape index (κ1) is 19.0. The molecule has 3 aromatic rings. The number of furan rings is 2. The molecule has 4 rings (SSSR count). The van der Waals surface area contributed by atoms with Gasteiger partial charge in [0.05, 0.1) is 18.6 Å². The number of carbonyl (C=O) groups is 2. The van der Waals surface area contributed by atoms with Crippen LogP contribution in [0.2, 0.25) is 0 Å². The lowest BCUT2D eigenvalue weighted by molar-refractivity contribution is 0.0933. The van der Waals surface area contributed by atoms with Gasteiger partial charge in [-0.1, -0.05) is 0 Å². The van der Waals surface area contributed by atoms with Gasteiger partial charge in [0.15, 0.2) is 5.76 Å². The molecule has 1 aliphatic rings. The van der Waals surface area contributed by atoms with Gasteiger partial charge < -0.3 is 19.5 Å². The van der Waals surface area contributed by atoms with Crippen LogP contribution >= 0.6 is 0 Å². The molecule has 1 aromatic carbocycles. The Morgan fingerprint density at radius 3 is 2.31 bits per heavy atom. The summed E-state index contributed by atoms with van der Waals surface area (Å²) in [6.45, 7) is 2.49. The van der Waals surface area contributed by atoms with Gasteiger partial charge in [-0.05, 0) is 74.5 Å². The molecule has 29 heavy (non-hydrogen) atoms. The Hall–Kier alpha value is -3.32. The molecule has 0 bridgehead atoms. The molecular weight excluding hydrogens is 370 g/mol. The van der Waals surface area contributed by atoms with Crippen LogP contribution in [0.4, 0.5) is 5.69 Å². The zero-order valence-corrected chi connectivity index (χ0v) is 16.0. The van der Waals surface area contributed by atoms with Gasteiger partial charge in [-0.2, -0.15) is 0 Å². The molecule has 1 fully saturated rings. The van der Waals surface area contributed by atoms with Crippen molar-refractivity contribution in [2.75, 3.05) is 25.0 Å². The van der Waals surface area contributed by atoms with Crippen LogP contribution in [0.15, 0.2) is 69.9 Å². The monoisotopic (exact) mass is 393 g/mol. The molecule has 1 unspecified atom stereocenters. The first-order valence-corrected chi connectivity index (χ1v) is 9.71. The topological polar surface area (TPSA) is 87.7 Å². The van der Waals surface area contributed by atoms with Crippen molar-refractivity contribution in [1.29, 1.82) is 0 Å². The van der Waals surface area contributed by atoms with Crippen molar-refractivity contribution in [2.24, 2.45) is 0 Å². The van der Waals surface area contributed by atoms with E-state index in [0.717, 1.165) is 31.7 Å². The third-order valence-electron chi connectivity index (χ3n) is 5.06. The number of anilines is 1. The van der Waals surface area contributed by atoms with Crippen LogP contribution in [0.1, 0.15) is 45.6 Å². The van der Waals surface area contributed by atoms with Crippen molar-refractivity contribution in [3.8, 4) is 0 Å². The highest BCUT2D eigenvalue weighted by Gasteiger charge is 2.26. The molecule has 1 saturated heterocycles. The smallest absolute Gasteiger partial charge is 0.291 e. The molecule has 2 N–H and O–H groups in total. The lowest BCUT2D eigenvalue weighted by atomic mass is 10.1. The van der Waals surface area contributed by atoms with Crippen LogP contribution in [0.5, 0.6) is 0 Å². The van der Waals surface area contributed by atoms with Crippen molar-refractivity contribution in [3.05, 3.63) is 78.1 Å². The number of hydrogen-bond acceptors (Lipinski definition) is 5.